The summed E-state index contributed by atoms with van der Waals surface area (Å²) in [5, 5.41) is 9.24. The molecule has 2 aromatic rings. The summed E-state index contributed by atoms with van der Waals surface area (Å²) in [6.07, 6.45) is 11.3. The molecule has 3 rings (SSSR count). The second-order valence-electron chi connectivity index (χ2n) is 6.99. The molecule has 0 atom stereocenters. The van der Waals surface area contributed by atoms with Crippen molar-refractivity contribution >= 4 is 6.08 Å². The molecule has 0 heterocycles. The summed E-state index contributed by atoms with van der Waals surface area (Å²) in [6.45, 7) is 3.79. The van der Waals surface area contributed by atoms with Crippen LogP contribution in [0.5, 0.6) is 5.75 Å². The van der Waals surface area contributed by atoms with Gasteiger partial charge in [-0.1, -0.05) is 42.0 Å². The maximum Gasteiger partial charge on any atom is 0.200 e. The molecule has 1 nitrogen and oxygen atoms in total. The first kappa shape index (κ1) is 18.4. The minimum Gasteiger partial charge on any atom is -0.505 e. The fourth-order valence-corrected chi connectivity index (χ4v) is 3.59. The molecule has 0 bridgehead atoms. The molecule has 3 heteroatoms. The molecule has 1 fully saturated rings. The number of benzene rings is 2. The van der Waals surface area contributed by atoms with Crippen LogP contribution in [0, 0.1) is 17.6 Å². The summed E-state index contributed by atoms with van der Waals surface area (Å²) in [7, 11) is 0. The zero-order valence-electron chi connectivity index (χ0n) is 14.8. The molecule has 0 saturated heterocycles. The van der Waals surface area contributed by atoms with Gasteiger partial charge in [0.15, 0.2) is 11.6 Å². The SMILES string of the molecule is C=CCCC1CCC(=Cc2ccc(-c3ccc(O)c(F)c3F)cc2)CC1. The van der Waals surface area contributed by atoms with Gasteiger partial charge in [-0.3, -0.25) is 0 Å². The van der Waals surface area contributed by atoms with E-state index < -0.39 is 17.4 Å². The zero-order valence-corrected chi connectivity index (χ0v) is 14.8. The summed E-state index contributed by atoms with van der Waals surface area (Å²) in [5.74, 6) is -2.09. The largest absolute Gasteiger partial charge is 0.505 e. The lowest BCUT2D eigenvalue weighted by Gasteiger charge is -2.23. The van der Waals surface area contributed by atoms with Crippen molar-refractivity contribution in [3.8, 4) is 16.9 Å². The van der Waals surface area contributed by atoms with E-state index in [4.69, 9.17) is 0 Å². The lowest BCUT2D eigenvalue weighted by atomic mass is 9.82. The molecule has 26 heavy (non-hydrogen) atoms. The second-order valence-corrected chi connectivity index (χ2v) is 6.99. The highest BCUT2D eigenvalue weighted by Crippen LogP contribution is 2.33. The van der Waals surface area contributed by atoms with Gasteiger partial charge in [-0.2, -0.15) is 4.39 Å². The summed E-state index contributed by atoms with van der Waals surface area (Å²) in [4.78, 5) is 0. The van der Waals surface area contributed by atoms with E-state index in [0.717, 1.165) is 30.7 Å². The van der Waals surface area contributed by atoms with Crippen LogP contribution in [-0.2, 0) is 0 Å². The number of hydrogen-bond acceptors (Lipinski definition) is 1. The van der Waals surface area contributed by atoms with Gasteiger partial charge in [0.25, 0.3) is 0 Å². The van der Waals surface area contributed by atoms with Crippen LogP contribution in [0.25, 0.3) is 17.2 Å². The van der Waals surface area contributed by atoms with Gasteiger partial charge >= 0.3 is 0 Å². The number of hydrogen-bond donors (Lipinski definition) is 1. The highest BCUT2D eigenvalue weighted by atomic mass is 19.2. The predicted octanol–water partition coefficient (Wildman–Crippen LogP) is 6.88. The van der Waals surface area contributed by atoms with Gasteiger partial charge in [-0.25, -0.2) is 4.39 Å². The maximum atomic E-state index is 14.0. The average Bonchev–Trinajstić information content (AvgIpc) is 2.67. The number of aromatic hydroxyl groups is 1. The highest BCUT2D eigenvalue weighted by Gasteiger charge is 2.16. The van der Waals surface area contributed by atoms with Gasteiger partial charge in [0.05, 0.1) is 0 Å². The zero-order chi connectivity index (χ0) is 18.5. The van der Waals surface area contributed by atoms with Gasteiger partial charge in [0.1, 0.15) is 0 Å². The van der Waals surface area contributed by atoms with Crippen molar-refractivity contribution < 1.29 is 13.9 Å². The molecule has 0 aromatic heterocycles. The van der Waals surface area contributed by atoms with Gasteiger partial charge in [0.2, 0.25) is 5.82 Å². The van der Waals surface area contributed by atoms with Crippen LogP contribution >= 0.6 is 0 Å². The van der Waals surface area contributed by atoms with E-state index in [9.17, 15) is 13.9 Å². The van der Waals surface area contributed by atoms with Crippen LogP contribution < -0.4 is 0 Å². The first-order valence-corrected chi connectivity index (χ1v) is 9.16. The number of phenolic OH excluding ortho intramolecular Hbond substituents is 1. The highest BCUT2D eigenvalue weighted by molar-refractivity contribution is 5.67. The van der Waals surface area contributed by atoms with Gasteiger partial charge < -0.3 is 5.11 Å². The number of phenols is 1. The fourth-order valence-electron chi connectivity index (χ4n) is 3.59. The van der Waals surface area contributed by atoms with Gasteiger partial charge in [-0.05, 0) is 67.7 Å². The van der Waals surface area contributed by atoms with Crippen LogP contribution in [0.15, 0.2) is 54.6 Å². The minimum atomic E-state index is -1.21. The van der Waals surface area contributed by atoms with E-state index in [-0.39, 0.29) is 5.56 Å². The molecule has 136 valence electrons. The van der Waals surface area contributed by atoms with E-state index in [1.807, 2.05) is 18.2 Å². The third kappa shape index (κ3) is 4.21. The van der Waals surface area contributed by atoms with Crippen LogP contribution in [0.3, 0.4) is 0 Å². The Bertz CT molecular complexity index is 796. The average molecular weight is 354 g/mol. The monoisotopic (exact) mass is 354 g/mol. The number of halogens is 2. The molecule has 0 aliphatic heterocycles. The topological polar surface area (TPSA) is 20.2 Å². The predicted molar refractivity (Wildman–Crippen MR) is 103 cm³/mol. The second kappa shape index (κ2) is 8.31. The van der Waals surface area contributed by atoms with Crippen LogP contribution in [0.1, 0.15) is 44.1 Å². The van der Waals surface area contributed by atoms with Crippen molar-refractivity contribution in [1.82, 2.24) is 0 Å². The third-order valence-electron chi connectivity index (χ3n) is 5.18. The molecule has 1 N–H and O–H groups in total. The smallest absolute Gasteiger partial charge is 0.200 e. The Hall–Kier alpha value is -2.42. The number of allylic oxidation sites excluding steroid dienone is 2. The molecule has 0 spiro atoms. The van der Waals surface area contributed by atoms with Gasteiger partial charge in [-0.15, -0.1) is 6.58 Å². The van der Waals surface area contributed by atoms with E-state index >= 15 is 0 Å². The van der Waals surface area contributed by atoms with E-state index in [1.165, 1.54) is 37.0 Å². The normalized spacial score (nSPS) is 17.2. The van der Waals surface area contributed by atoms with E-state index in [1.54, 1.807) is 12.1 Å². The lowest BCUT2D eigenvalue weighted by molar-refractivity contribution is 0.388. The van der Waals surface area contributed by atoms with Crippen molar-refractivity contribution in [1.29, 1.82) is 0 Å². The van der Waals surface area contributed by atoms with Crippen LogP contribution in [0.4, 0.5) is 8.78 Å². The molecule has 1 saturated carbocycles. The molecular weight excluding hydrogens is 330 g/mol. The quantitative estimate of drug-likeness (QED) is 0.580. The molecule has 1 aliphatic carbocycles. The maximum absolute atomic E-state index is 14.0. The van der Waals surface area contributed by atoms with Crippen molar-refractivity contribution in [2.75, 3.05) is 0 Å². The Kier molecular flexibility index (Phi) is 5.87. The van der Waals surface area contributed by atoms with Crippen LogP contribution in [0.2, 0.25) is 0 Å². The van der Waals surface area contributed by atoms with E-state index in [2.05, 4.69) is 12.7 Å². The lowest BCUT2D eigenvalue weighted by Crippen LogP contribution is -2.07. The molecule has 1 aliphatic rings. The molecule has 0 unspecified atom stereocenters. The first-order valence-electron chi connectivity index (χ1n) is 9.16. The Morgan fingerprint density at radius 1 is 1.00 bits per heavy atom. The first-order chi connectivity index (χ1) is 12.6. The van der Waals surface area contributed by atoms with Crippen molar-refractivity contribution in [3.05, 3.63) is 71.8 Å². The van der Waals surface area contributed by atoms with Crippen molar-refractivity contribution in [3.63, 3.8) is 0 Å². The Labute approximate surface area is 153 Å². The molecular formula is C23H24F2O. The van der Waals surface area contributed by atoms with Gasteiger partial charge in [0, 0.05) is 5.56 Å². The molecule has 0 radical (unpaired) electrons. The summed E-state index contributed by atoms with van der Waals surface area (Å²) < 4.78 is 27.5. The summed E-state index contributed by atoms with van der Waals surface area (Å²) >= 11 is 0. The Morgan fingerprint density at radius 3 is 2.35 bits per heavy atom. The minimum absolute atomic E-state index is 0.155. The third-order valence-corrected chi connectivity index (χ3v) is 5.18. The van der Waals surface area contributed by atoms with Crippen molar-refractivity contribution in [2.45, 2.75) is 38.5 Å². The summed E-state index contributed by atoms with van der Waals surface area (Å²) in [5.41, 5.74) is 3.28. The fraction of sp³-hybridized carbons (Fsp3) is 0.304. The number of rotatable bonds is 5. The van der Waals surface area contributed by atoms with E-state index in [0.29, 0.717) is 5.56 Å². The molecule has 2 aromatic carbocycles. The van der Waals surface area contributed by atoms with Crippen LogP contribution in [-0.4, -0.2) is 5.11 Å². The Balaban J connectivity index is 1.69. The standard InChI is InChI=1S/C23H24F2O/c1-2-3-4-16-5-7-17(8-6-16)15-18-9-11-19(12-10-18)20-13-14-21(26)23(25)22(20)24/h2,9-16,26H,1,3-8H2. The summed E-state index contributed by atoms with van der Waals surface area (Å²) in [6, 6.07) is 10.0. The molecule has 0 amide bonds. The van der Waals surface area contributed by atoms with Crippen molar-refractivity contribution in [2.24, 2.45) is 5.92 Å². The Morgan fingerprint density at radius 2 is 1.69 bits per heavy atom.